The number of carboxylic acids is 1. The van der Waals surface area contributed by atoms with Crippen LogP contribution in [0.25, 0.3) is 0 Å². The molecule has 0 aliphatic carbocycles. The molecule has 0 fully saturated rings. The maximum atomic E-state index is 12.4. The summed E-state index contributed by atoms with van der Waals surface area (Å²) >= 11 is 7.26. The van der Waals surface area contributed by atoms with Crippen molar-refractivity contribution in [2.45, 2.75) is 25.2 Å². The van der Waals surface area contributed by atoms with Crippen molar-refractivity contribution < 1.29 is 24.2 Å². The number of para-hydroxylation sites is 2. The summed E-state index contributed by atoms with van der Waals surface area (Å²) in [6.45, 7) is 2.72. The van der Waals surface area contributed by atoms with Crippen LogP contribution in [0.15, 0.2) is 47.6 Å². The van der Waals surface area contributed by atoms with Crippen LogP contribution in [0.4, 0.5) is 5.69 Å². The van der Waals surface area contributed by atoms with Crippen LogP contribution in [-0.4, -0.2) is 44.6 Å². The number of halogens is 1. The zero-order chi connectivity index (χ0) is 23.1. The molecule has 0 unspecified atom stereocenters. The molecule has 0 saturated heterocycles. The van der Waals surface area contributed by atoms with Crippen LogP contribution in [0.3, 0.4) is 0 Å². The van der Waals surface area contributed by atoms with Crippen molar-refractivity contribution in [1.82, 2.24) is 14.8 Å². The Morgan fingerprint density at radius 2 is 1.94 bits per heavy atom. The molecule has 2 aromatic carbocycles. The Bertz CT molecular complexity index is 1120. The number of nitrogens with zero attached hydrogens (tertiary/aromatic N) is 3. The number of benzene rings is 2. The standard InChI is InChI=1S/C21H21ClN4O5S/c1-3-26-18(11-31-17-7-5-4-6-16(17)30-2)24-25-21(26)32-12-19(27)23-15-10-13(20(28)29)8-9-14(15)22/h4-10H,3,11-12H2,1-2H3,(H,23,27)(H,28,29). The first-order valence-electron chi connectivity index (χ1n) is 9.56. The van der Waals surface area contributed by atoms with Gasteiger partial charge in [0.15, 0.2) is 22.5 Å². The van der Waals surface area contributed by atoms with Crippen LogP contribution >= 0.6 is 23.4 Å². The number of thioether (sulfide) groups is 1. The largest absolute Gasteiger partial charge is 0.493 e. The van der Waals surface area contributed by atoms with Crippen LogP contribution in [0.2, 0.25) is 5.02 Å². The molecule has 3 aromatic rings. The lowest BCUT2D eigenvalue weighted by atomic mass is 10.2. The zero-order valence-electron chi connectivity index (χ0n) is 17.4. The summed E-state index contributed by atoms with van der Waals surface area (Å²) in [6.07, 6.45) is 0. The fraction of sp³-hybridized carbons (Fsp3) is 0.238. The third-order valence-corrected chi connectivity index (χ3v) is 5.65. The number of carboxylic acid groups (broad SMARTS) is 1. The fourth-order valence-corrected chi connectivity index (χ4v) is 3.79. The number of hydrogen-bond acceptors (Lipinski definition) is 7. The number of carbonyl (C=O) groups is 2. The van der Waals surface area contributed by atoms with Gasteiger partial charge in [0.05, 0.1) is 29.1 Å². The van der Waals surface area contributed by atoms with E-state index in [1.54, 1.807) is 19.2 Å². The number of methoxy groups -OCH3 is 1. The first-order valence-corrected chi connectivity index (χ1v) is 10.9. The minimum absolute atomic E-state index is 0.0303. The highest BCUT2D eigenvalue weighted by Gasteiger charge is 2.16. The number of nitrogens with one attached hydrogen (secondary N) is 1. The Labute approximate surface area is 193 Å². The molecule has 0 aliphatic heterocycles. The van der Waals surface area contributed by atoms with Gasteiger partial charge in [0.1, 0.15) is 6.61 Å². The zero-order valence-corrected chi connectivity index (χ0v) is 18.9. The maximum absolute atomic E-state index is 12.4. The molecule has 2 N–H and O–H groups in total. The van der Waals surface area contributed by atoms with Gasteiger partial charge in [-0.1, -0.05) is 35.5 Å². The third kappa shape index (κ3) is 5.71. The summed E-state index contributed by atoms with van der Waals surface area (Å²) in [6, 6.07) is 11.4. The normalized spacial score (nSPS) is 10.6. The van der Waals surface area contributed by atoms with Gasteiger partial charge in [-0.3, -0.25) is 4.79 Å². The second-order valence-electron chi connectivity index (χ2n) is 6.42. The van der Waals surface area contributed by atoms with Gasteiger partial charge < -0.3 is 24.5 Å². The predicted molar refractivity (Wildman–Crippen MR) is 121 cm³/mol. The van der Waals surface area contributed by atoms with Crippen molar-refractivity contribution in [1.29, 1.82) is 0 Å². The number of aromatic nitrogens is 3. The molecule has 168 valence electrons. The molecule has 0 saturated carbocycles. The number of hydrogen-bond donors (Lipinski definition) is 2. The lowest BCUT2D eigenvalue weighted by Gasteiger charge is -2.11. The lowest BCUT2D eigenvalue weighted by Crippen LogP contribution is -2.15. The molecule has 1 aromatic heterocycles. The van der Waals surface area contributed by atoms with Crippen LogP contribution in [0, 0.1) is 0 Å². The van der Waals surface area contributed by atoms with E-state index in [0.717, 1.165) is 0 Å². The number of carbonyl (C=O) groups excluding carboxylic acids is 1. The highest BCUT2D eigenvalue weighted by atomic mass is 35.5. The van der Waals surface area contributed by atoms with Crippen LogP contribution in [0.5, 0.6) is 11.5 Å². The minimum atomic E-state index is -1.11. The van der Waals surface area contributed by atoms with Gasteiger partial charge in [-0.05, 0) is 37.3 Å². The predicted octanol–water partition coefficient (Wildman–Crippen LogP) is 3.97. The van der Waals surface area contributed by atoms with Crippen molar-refractivity contribution in [3.63, 3.8) is 0 Å². The molecule has 1 heterocycles. The molecular weight excluding hydrogens is 456 g/mol. The SMILES string of the molecule is CCn1c(COc2ccccc2OC)nnc1SCC(=O)Nc1cc(C(=O)O)ccc1Cl. The molecule has 1 amide bonds. The van der Waals surface area contributed by atoms with E-state index in [2.05, 4.69) is 15.5 Å². The minimum Gasteiger partial charge on any atom is -0.493 e. The summed E-state index contributed by atoms with van der Waals surface area (Å²) in [4.78, 5) is 23.5. The van der Waals surface area contributed by atoms with Gasteiger partial charge in [-0.15, -0.1) is 10.2 Å². The van der Waals surface area contributed by atoms with E-state index in [1.807, 2.05) is 23.6 Å². The maximum Gasteiger partial charge on any atom is 0.335 e. The second kappa shape index (κ2) is 10.9. The molecule has 11 heteroatoms. The summed E-state index contributed by atoms with van der Waals surface area (Å²) in [5.41, 5.74) is 0.266. The number of rotatable bonds is 10. The van der Waals surface area contributed by atoms with E-state index >= 15 is 0 Å². The average Bonchev–Trinajstić information content (AvgIpc) is 3.19. The Kier molecular flexibility index (Phi) is 7.96. The van der Waals surface area contributed by atoms with Crippen LogP contribution in [0.1, 0.15) is 23.1 Å². The van der Waals surface area contributed by atoms with Gasteiger partial charge in [-0.25, -0.2) is 4.79 Å². The highest BCUT2D eigenvalue weighted by Crippen LogP contribution is 2.27. The van der Waals surface area contributed by atoms with E-state index in [1.165, 1.54) is 30.0 Å². The first-order chi connectivity index (χ1) is 15.4. The molecule has 9 nitrogen and oxygen atoms in total. The molecule has 0 spiro atoms. The van der Waals surface area contributed by atoms with Gasteiger partial charge in [0, 0.05) is 6.54 Å². The smallest absolute Gasteiger partial charge is 0.335 e. The first kappa shape index (κ1) is 23.4. The van der Waals surface area contributed by atoms with Gasteiger partial charge in [0.2, 0.25) is 5.91 Å². The van der Waals surface area contributed by atoms with Gasteiger partial charge >= 0.3 is 5.97 Å². The molecule has 32 heavy (non-hydrogen) atoms. The molecular formula is C21H21ClN4O5S. The van der Waals surface area contributed by atoms with E-state index in [4.69, 9.17) is 26.2 Å². The molecule has 0 aliphatic rings. The second-order valence-corrected chi connectivity index (χ2v) is 7.77. The number of anilines is 1. The Morgan fingerprint density at radius 3 is 2.62 bits per heavy atom. The van der Waals surface area contributed by atoms with Crippen LogP contribution < -0.4 is 14.8 Å². The van der Waals surface area contributed by atoms with E-state index in [9.17, 15) is 9.59 Å². The quantitative estimate of drug-likeness (QED) is 0.422. The monoisotopic (exact) mass is 476 g/mol. The number of ether oxygens (including phenoxy) is 2. The van der Waals surface area contributed by atoms with E-state index in [0.29, 0.717) is 29.0 Å². The summed E-state index contributed by atoms with van der Waals surface area (Å²) < 4.78 is 13.0. The van der Waals surface area contributed by atoms with E-state index in [-0.39, 0.29) is 34.5 Å². The fourth-order valence-electron chi connectivity index (χ4n) is 2.80. The molecule has 0 radical (unpaired) electrons. The van der Waals surface area contributed by atoms with Crippen molar-refractivity contribution in [2.75, 3.05) is 18.2 Å². The average molecular weight is 477 g/mol. The Balaban J connectivity index is 1.62. The summed E-state index contributed by atoms with van der Waals surface area (Å²) in [7, 11) is 1.57. The van der Waals surface area contributed by atoms with Gasteiger partial charge in [0.25, 0.3) is 0 Å². The highest BCUT2D eigenvalue weighted by molar-refractivity contribution is 7.99. The van der Waals surface area contributed by atoms with Crippen molar-refractivity contribution in [3.05, 3.63) is 58.9 Å². The van der Waals surface area contributed by atoms with Crippen molar-refractivity contribution >= 4 is 40.9 Å². The molecule has 0 bridgehead atoms. The van der Waals surface area contributed by atoms with Gasteiger partial charge in [-0.2, -0.15) is 0 Å². The molecule has 3 rings (SSSR count). The van der Waals surface area contributed by atoms with E-state index < -0.39 is 5.97 Å². The summed E-state index contributed by atoms with van der Waals surface area (Å²) in [5, 5.41) is 20.9. The molecule has 0 atom stereocenters. The Hall–Kier alpha value is -3.24. The third-order valence-electron chi connectivity index (χ3n) is 4.36. The number of amides is 1. The lowest BCUT2D eigenvalue weighted by molar-refractivity contribution is -0.113. The van der Waals surface area contributed by atoms with Crippen molar-refractivity contribution in [2.24, 2.45) is 0 Å². The van der Waals surface area contributed by atoms with Crippen LogP contribution in [-0.2, 0) is 17.9 Å². The van der Waals surface area contributed by atoms with Crippen molar-refractivity contribution in [3.8, 4) is 11.5 Å². The Morgan fingerprint density at radius 1 is 1.19 bits per heavy atom. The summed E-state index contributed by atoms with van der Waals surface area (Å²) in [5.74, 6) is 0.404. The number of aromatic carboxylic acids is 1. The topological polar surface area (TPSA) is 116 Å².